The number of hydrogen-bond donors (Lipinski definition) is 1. The van der Waals surface area contributed by atoms with Crippen LogP contribution in [0.5, 0.6) is 5.75 Å². The molecular formula is C20H25NO2S. The Morgan fingerprint density at radius 1 is 1.12 bits per heavy atom. The van der Waals surface area contributed by atoms with Gasteiger partial charge in [-0.1, -0.05) is 36.8 Å². The van der Waals surface area contributed by atoms with Gasteiger partial charge in [0, 0.05) is 4.90 Å². The Morgan fingerprint density at radius 3 is 2.29 bits per heavy atom. The molecule has 0 aromatic heterocycles. The van der Waals surface area contributed by atoms with Crippen molar-refractivity contribution in [3.63, 3.8) is 0 Å². The molecule has 4 heteroatoms. The van der Waals surface area contributed by atoms with Gasteiger partial charge in [0.25, 0.3) is 0 Å². The lowest BCUT2D eigenvalue weighted by Gasteiger charge is -2.20. The third kappa shape index (κ3) is 5.03. The van der Waals surface area contributed by atoms with Gasteiger partial charge in [-0.2, -0.15) is 0 Å². The van der Waals surface area contributed by atoms with Crippen molar-refractivity contribution in [1.82, 2.24) is 5.32 Å². The summed E-state index contributed by atoms with van der Waals surface area (Å²) in [6.07, 6.45) is 0.847. The van der Waals surface area contributed by atoms with Crippen molar-refractivity contribution in [3.05, 3.63) is 59.7 Å². The van der Waals surface area contributed by atoms with Crippen molar-refractivity contribution >= 4 is 17.7 Å². The number of amides is 1. The van der Waals surface area contributed by atoms with Gasteiger partial charge >= 0.3 is 0 Å². The van der Waals surface area contributed by atoms with Crippen molar-refractivity contribution in [2.75, 3.05) is 7.11 Å². The molecule has 1 N–H and O–H groups in total. The zero-order valence-electron chi connectivity index (χ0n) is 14.7. The lowest BCUT2D eigenvalue weighted by atomic mass is 10.0. The van der Waals surface area contributed by atoms with Gasteiger partial charge in [0.05, 0.1) is 18.4 Å². The number of carbonyl (C=O) groups excluding carboxylic acids is 1. The molecule has 1 amide bonds. The van der Waals surface area contributed by atoms with E-state index in [-0.39, 0.29) is 17.2 Å². The molecule has 0 aliphatic heterocycles. The summed E-state index contributed by atoms with van der Waals surface area (Å²) in [4.78, 5) is 13.6. The predicted molar refractivity (Wildman–Crippen MR) is 101 cm³/mol. The van der Waals surface area contributed by atoms with Gasteiger partial charge in [0.15, 0.2) is 0 Å². The molecule has 2 atom stereocenters. The van der Waals surface area contributed by atoms with Crippen LogP contribution in [0.25, 0.3) is 0 Å². The Morgan fingerprint density at radius 2 is 1.75 bits per heavy atom. The van der Waals surface area contributed by atoms with Gasteiger partial charge in [-0.05, 0) is 50.1 Å². The van der Waals surface area contributed by atoms with Gasteiger partial charge in [-0.3, -0.25) is 4.79 Å². The van der Waals surface area contributed by atoms with E-state index in [2.05, 4.69) is 43.4 Å². The molecule has 3 nitrogen and oxygen atoms in total. The summed E-state index contributed by atoms with van der Waals surface area (Å²) in [7, 11) is 1.65. The third-order valence-electron chi connectivity index (χ3n) is 3.95. The van der Waals surface area contributed by atoms with E-state index in [1.165, 1.54) is 5.56 Å². The van der Waals surface area contributed by atoms with Crippen LogP contribution in [0.4, 0.5) is 0 Å². The maximum absolute atomic E-state index is 12.5. The monoisotopic (exact) mass is 343 g/mol. The van der Waals surface area contributed by atoms with Crippen molar-refractivity contribution in [3.8, 4) is 5.75 Å². The molecule has 0 aliphatic carbocycles. The second-order valence-corrected chi connectivity index (χ2v) is 7.23. The van der Waals surface area contributed by atoms with Gasteiger partial charge in [0.1, 0.15) is 5.75 Å². The van der Waals surface area contributed by atoms with Crippen molar-refractivity contribution in [1.29, 1.82) is 0 Å². The number of hydrogen-bond acceptors (Lipinski definition) is 3. The number of nitrogens with one attached hydrogen (secondary N) is 1. The number of carbonyl (C=O) groups is 1. The average Bonchev–Trinajstić information content (AvgIpc) is 2.61. The number of benzene rings is 2. The summed E-state index contributed by atoms with van der Waals surface area (Å²) >= 11 is 1.58. The number of methoxy groups -OCH3 is 1. The van der Waals surface area contributed by atoms with Gasteiger partial charge < -0.3 is 10.1 Å². The number of rotatable bonds is 7. The van der Waals surface area contributed by atoms with E-state index < -0.39 is 0 Å². The Hall–Kier alpha value is -1.94. The van der Waals surface area contributed by atoms with E-state index in [0.717, 1.165) is 22.6 Å². The van der Waals surface area contributed by atoms with Crippen LogP contribution >= 0.6 is 11.8 Å². The quantitative estimate of drug-likeness (QED) is 0.737. The van der Waals surface area contributed by atoms with Crippen LogP contribution in [0.15, 0.2) is 53.4 Å². The molecule has 2 aromatic rings. The van der Waals surface area contributed by atoms with Crippen molar-refractivity contribution < 1.29 is 9.53 Å². The summed E-state index contributed by atoms with van der Waals surface area (Å²) in [6, 6.07) is 16.1. The molecule has 24 heavy (non-hydrogen) atoms. The molecule has 0 fully saturated rings. The van der Waals surface area contributed by atoms with Crippen LogP contribution in [0.2, 0.25) is 0 Å². The maximum atomic E-state index is 12.5. The van der Waals surface area contributed by atoms with Crippen LogP contribution in [0, 0.1) is 6.92 Å². The Labute approximate surface area is 148 Å². The number of ether oxygens (including phenoxy) is 1. The molecule has 0 heterocycles. The summed E-state index contributed by atoms with van der Waals surface area (Å²) in [5.74, 6) is 0.881. The molecule has 0 aliphatic rings. The highest BCUT2D eigenvalue weighted by molar-refractivity contribution is 8.00. The first kappa shape index (κ1) is 18.4. The second-order valence-electron chi connectivity index (χ2n) is 5.82. The molecule has 0 unspecified atom stereocenters. The molecule has 0 saturated carbocycles. The van der Waals surface area contributed by atoms with E-state index in [9.17, 15) is 4.79 Å². The molecular weight excluding hydrogens is 318 g/mol. The van der Waals surface area contributed by atoms with E-state index in [1.54, 1.807) is 18.9 Å². The van der Waals surface area contributed by atoms with E-state index >= 15 is 0 Å². The minimum Gasteiger partial charge on any atom is -0.497 e. The highest BCUT2D eigenvalue weighted by Crippen LogP contribution is 2.25. The lowest BCUT2D eigenvalue weighted by molar-refractivity contribution is -0.121. The fourth-order valence-electron chi connectivity index (χ4n) is 2.42. The number of aryl methyl sites for hydroxylation is 1. The van der Waals surface area contributed by atoms with Crippen LogP contribution in [-0.4, -0.2) is 18.3 Å². The van der Waals surface area contributed by atoms with E-state index in [0.29, 0.717) is 0 Å². The van der Waals surface area contributed by atoms with Crippen molar-refractivity contribution in [2.45, 2.75) is 43.4 Å². The minimum atomic E-state index is -0.139. The highest BCUT2D eigenvalue weighted by Gasteiger charge is 2.19. The Bertz CT molecular complexity index is 652. The first-order chi connectivity index (χ1) is 11.5. The summed E-state index contributed by atoms with van der Waals surface area (Å²) < 4.78 is 5.19. The second kappa shape index (κ2) is 8.78. The fourth-order valence-corrected chi connectivity index (χ4v) is 3.30. The van der Waals surface area contributed by atoms with Crippen LogP contribution in [-0.2, 0) is 4.79 Å². The SMILES string of the molecule is CC[C@@H](NC(=O)[C@H](C)Sc1ccc(C)cc1)c1ccc(OC)cc1. The predicted octanol–water partition coefficient (Wildman–Crippen LogP) is 4.75. The fraction of sp³-hybridized carbons (Fsp3) is 0.350. The van der Waals surface area contributed by atoms with Crippen LogP contribution in [0.1, 0.15) is 37.4 Å². The van der Waals surface area contributed by atoms with Gasteiger partial charge in [-0.15, -0.1) is 11.8 Å². The Balaban J connectivity index is 1.98. The zero-order chi connectivity index (χ0) is 17.5. The van der Waals surface area contributed by atoms with Crippen molar-refractivity contribution in [2.24, 2.45) is 0 Å². The molecule has 2 rings (SSSR count). The highest BCUT2D eigenvalue weighted by atomic mass is 32.2. The molecule has 0 saturated heterocycles. The van der Waals surface area contributed by atoms with Gasteiger partial charge in [0.2, 0.25) is 5.91 Å². The molecule has 0 radical (unpaired) electrons. The topological polar surface area (TPSA) is 38.3 Å². The normalized spacial score (nSPS) is 13.2. The summed E-state index contributed by atoms with van der Waals surface area (Å²) in [5.41, 5.74) is 2.32. The first-order valence-electron chi connectivity index (χ1n) is 8.21. The van der Waals surface area contributed by atoms with Crippen LogP contribution in [0.3, 0.4) is 0 Å². The third-order valence-corrected chi connectivity index (χ3v) is 5.06. The smallest absolute Gasteiger partial charge is 0.233 e. The van der Waals surface area contributed by atoms with E-state index in [1.807, 2.05) is 31.2 Å². The summed E-state index contributed by atoms with van der Waals surface area (Å²) in [5, 5.41) is 3.01. The molecule has 128 valence electrons. The largest absolute Gasteiger partial charge is 0.497 e. The van der Waals surface area contributed by atoms with E-state index in [4.69, 9.17) is 4.74 Å². The molecule has 0 bridgehead atoms. The van der Waals surface area contributed by atoms with Gasteiger partial charge in [-0.25, -0.2) is 0 Å². The van der Waals surface area contributed by atoms with Crippen LogP contribution < -0.4 is 10.1 Å². The standard InChI is InChI=1S/C20H25NO2S/c1-5-19(16-8-10-17(23-4)11-9-16)21-20(22)15(3)24-18-12-6-14(2)7-13-18/h6-13,15,19H,5H2,1-4H3,(H,21,22)/t15-,19+/m0/s1. The summed E-state index contributed by atoms with van der Waals surface area (Å²) in [6.45, 7) is 6.08. The minimum absolute atomic E-state index is 0.0180. The number of thioether (sulfide) groups is 1. The molecule has 2 aromatic carbocycles. The lowest BCUT2D eigenvalue weighted by Crippen LogP contribution is -2.34. The molecule has 0 spiro atoms. The average molecular weight is 343 g/mol. The first-order valence-corrected chi connectivity index (χ1v) is 9.09. The maximum Gasteiger partial charge on any atom is 0.233 e. The Kier molecular flexibility index (Phi) is 6.73. The zero-order valence-corrected chi connectivity index (χ0v) is 15.5.